The van der Waals surface area contributed by atoms with Crippen molar-refractivity contribution in [2.24, 2.45) is 0 Å². The van der Waals surface area contributed by atoms with Gasteiger partial charge in [0.15, 0.2) is 0 Å². The highest BCUT2D eigenvalue weighted by Gasteiger charge is 2.20. The molecule has 7 heteroatoms. The maximum Gasteiger partial charge on any atom is 0.138 e. The number of aryl methyl sites for hydroxylation is 1. The van der Waals surface area contributed by atoms with E-state index in [1.165, 1.54) is 4.88 Å². The summed E-state index contributed by atoms with van der Waals surface area (Å²) in [6.07, 6.45) is 3.08. The lowest BCUT2D eigenvalue weighted by Crippen LogP contribution is -2.42. The van der Waals surface area contributed by atoms with Gasteiger partial charge in [0.2, 0.25) is 0 Å². The van der Waals surface area contributed by atoms with Gasteiger partial charge in [-0.25, -0.2) is 9.67 Å². The lowest BCUT2D eigenvalue weighted by molar-refractivity contribution is 0.0279. The lowest BCUT2D eigenvalue weighted by atomic mass is 10.1. The van der Waals surface area contributed by atoms with E-state index in [9.17, 15) is 5.11 Å². The van der Waals surface area contributed by atoms with Crippen molar-refractivity contribution >= 4 is 11.3 Å². The Kier molecular flexibility index (Phi) is 4.97. The minimum absolute atomic E-state index is 0.339. The molecule has 0 amide bonds. The number of fused-ring (bicyclic) bond motifs is 1. The number of aliphatic hydroxyl groups is 1. The second-order valence-electron chi connectivity index (χ2n) is 5.25. The number of rotatable bonds is 7. The van der Waals surface area contributed by atoms with Crippen molar-refractivity contribution in [2.45, 2.75) is 38.1 Å². The van der Waals surface area contributed by atoms with Gasteiger partial charge in [-0.1, -0.05) is 6.07 Å². The Labute approximate surface area is 127 Å². The predicted octanol–water partition coefficient (Wildman–Crippen LogP) is 0.822. The van der Waals surface area contributed by atoms with Crippen LogP contribution in [0.25, 0.3) is 0 Å². The summed E-state index contributed by atoms with van der Waals surface area (Å²) >= 11 is 1.67. The Morgan fingerprint density at radius 1 is 1.57 bits per heavy atom. The minimum atomic E-state index is -0.484. The highest BCUT2D eigenvalue weighted by Crippen LogP contribution is 2.12. The molecule has 2 atom stereocenters. The molecule has 0 spiro atoms. The van der Waals surface area contributed by atoms with Crippen molar-refractivity contribution in [3.8, 4) is 0 Å². The standard InChI is InChI=1S/C14H20N4O2S/c19-12(8-20-9-13-2-1-5-21-13)6-15-11-3-4-14-16-10-17-18(14)7-11/h1-2,5,10-12,15,19H,3-4,6-9H2/t11-,12+/m0/s1. The zero-order valence-corrected chi connectivity index (χ0v) is 12.6. The lowest BCUT2D eigenvalue weighted by Gasteiger charge is -2.24. The first-order chi connectivity index (χ1) is 10.3. The van der Waals surface area contributed by atoms with E-state index >= 15 is 0 Å². The molecular formula is C14H20N4O2S. The number of hydrogen-bond acceptors (Lipinski definition) is 6. The normalized spacial score (nSPS) is 19.4. The van der Waals surface area contributed by atoms with Crippen LogP contribution < -0.4 is 5.32 Å². The number of nitrogens with zero attached hydrogens (tertiary/aromatic N) is 3. The molecule has 3 rings (SSSR count). The zero-order chi connectivity index (χ0) is 14.5. The number of aliphatic hydroxyl groups excluding tert-OH is 1. The van der Waals surface area contributed by atoms with Crippen molar-refractivity contribution in [3.63, 3.8) is 0 Å². The molecule has 0 unspecified atom stereocenters. The van der Waals surface area contributed by atoms with E-state index in [0.29, 0.717) is 25.8 Å². The van der Waals surface area contributed by atoms with Crippen LogP contribution in [-0.4, -0.2) is 45.2 Å². The van der Waals surface area contributed by atoms with Gasteiger partial charge in [-0.2, -0.15) is 5.10 Å². The van der Waals surface area contributed by atoms with E-state index in [4.69, 9.17) is 4.74 Å². The van der Waals surface area contributed by atoms with Gasteiger partial charge in [0.05, 0.1) is 25.9 Å². The number of thiophene rings is 1. The SMILES string of the molecule is O[C@H](CN[C@H]1CCc2ncnn2C1)COCc1cccs1. The van der Waals surface area contributed by atoms with E-state index in [1.807, 2.05) is 22.2 Å². The fraction of sp³-hybridized carbons (Fsp3) is 0.571. The van der Waals surface area contributed by atoms with Crippen LogP contribution >= 0.6 is 11.3 Å². The van der Waals surface area contributed by atoms with Crippen molar-refractivity contribution < 1.29 is 9.84 Å². The third kappa shape index (κ3) is 4.10. The van der Waals surface area contributed by atoms with Gasteiger partial charge in [-0.15, -0.1) is 11.3 Å². The van der Waals surface area contributed by atoms with Crippen LogP contribution in [0.3, 0.4) is 0 Å². The summed E-state index contributed by atoms with van der Waals surface area (Å²) in [5.41, 5.74) is 0. The van der Waals surface area contributed by atoms with Gasteiger partial charge >= 0.3 is 0 Å². The van der Waals surface area contributed by atoms with E-state index in [-0.39, 0.29) is 0 Å². The minimum Gasteiger partial charge on any atom is -0.389 e. The molecule has 114 valence electrons. The summed E-state index contributed by atoms with van der Waals surface area (Å²) in [4.78, 5) is 5.39. The van der Waals surface area contributed by atoms with Gasteiger partial charge in [0.1, 0.15) is 12.2 Å². The van der Waals surface area contributed by atoms with Crippen molar-refractivity contribution in [3.05, 3.63) is 34.5 Å². The van der Waals surface area contributed by atoms with Gasteiger partial charge in [0.25, 0.3) is 0 Å². The third-order valence-electron chi connectivity index (χ3n) is 3.58. The molecule has 0 aromatic carbocycles. The predicted molar refractivity (Wildman–Crippen MR) is 80.1 cm³/mol. The van der Waals surface area contributed by atoms with Gasteiger partial charge in [-0.3, -0.25) is 0 Å². The number of aromatic nitrogens is 3. The second kappa shape index (κ2) is 7.13. The number of ether oxygens (including phenoxy) is 1. The first-order valence-electron chi connectivity index (χ1n) is 7.19. The van der Waals surface area contributed by atoms with E-state index < -0.39 is 6.10 Å². The van der Waals surface area contributed by atoms with Crippen LogP contribution in [0.15, 0.2) is 23.8 Å². The fourth-order valence-electron chi connectivity index (χ4n) is 2.46. The van der Waals surface area contributed by atoms with Crippen LogP contribution in [0.1, 0.15) is 17.1 Å². The van der Waals surface area contributed by atoms with Crippen LogP contribution in [-0.2, 0) is 24.3 Å². The van der Waals surface area contributed by atoms with E-state index in [1.54, 1.807) is 17.7 Å². The third-order valence-corrected chi connectivity index (χ3v) is 4.43. The second-order valence-corrected chi connectivity index (χ2v) is 6.28. The van der Waals surface area contributed by atoms with E-state index in [0.717, 1.165) is 25.2 Å². The summed E-state index contributed by atoms with van der Waals surface area (Å²) < 4.78 is 7.45. The van der Waals surface area contributed by atoms with Crippen molar-refractivity contribution in [2.75, 3.05) is 13.2 Å². The van der Waals surface area contributed by atoms with Crippen LogP contribution in [0.5, 0.6) is 0 Å². The summed E-state index contributed by atoms with van der Waals surface area (Å²) in [5, 5.41) is 19.5. The van der Waals surface area contributed by atoms with Crippen LogP contribution in [0, 0.1) is 0 Å². The molecule has 2 aromatic rings. The highest BCUT2D eigenvalue weighted by atomic mass is 32.1. The average Bonchev–Trinajstić information content (AvgIpc) is 3.15. The van der Waals surface area contributed by atoms with Gasteiger partial charge in [-0.05, 0) is 17.9 Å². The largest absolute Gasteiger partial charge is 0.389 e. The molecule has 0 radical (unpaired) electrons. The van der Waals surface area contributed by atoms with Gasteiger partial charge in [0, 0.05) is 23.9 Å². The highest BCUT2D eigenvalue weighted by molar-refractivity contribution is 7.09. The van der Waals surface area contributed by atoms with Crippen molar-refractivity contribution in [1.29, 1.82) is 0 Å². The molecular weight excluding hydrogens is 288 g/mol. The molecule has 2 aromatic heterocycles. The van der Waals surface area contributed by atoms with Crippen molar-refractivity contribution in [1.82, 2.24) is 20.1 Å². The molecule has 1 aliphatic rings. The quantitative estimate of drug-likeness (QED) is 0.792. The Hall–Kier alpha value is -1.28. The summed E-state index contributed by atoms with van der Waals surface area (Å²) in [5.74, 6) is 1.05. The van der Waals surface area contributed by atoms with Gasteiger partial charge < -0.3 is 15.2 Å². The first kappa shape index (κ1) is 14.6. The molecule has 1 aliphatic heterocycles. The van der Waals surface area contributed by atoms with E-state index in [2.05, 4.69) is 15.4 Å². The topological polar surface area (TPSA) is 72.2 Å². The molecule has 0 aliphatic carbocycles. The Bertz CT molecular complexity index is 543. The maximum absolute atomic E-state index is 9.94. The summed E-state index contributed by atoms with van der Waals surface area (Å²) in [7, 11) is 0. The first-order valence-corrected chi connectivity index (χ1v) is 8.07. The molecule has 6 nitrogen and oxygen atoms in total. The molecule has 0 bridgehead atoms. The molecule has 3 heterocycles. The molecule has 21 heavy (non-hydrogen) atoms. The molecule has 0 fully saturated rings. The monoisotopic (exact) mass is 308 g/mol. The summed E-state index contributed by atoms with van der Waals surface area (Å²) in [6.45, 7) is 2.28. The maximum atomic E-state index is 9.94. The Morgan fingerprint density at radius 3 is 3.38 bits per heavy atom. The Balaban J connectivity index is 1.33. The molecule has 0 saturated heterocycles. The van der Waals surface area contributed by atoms with Crippen LogP contribution in [0.4, 0.5) is 0 Å². The molecule has 2 N–H and O–H groups in total. The summed E-state index contributed by atoms with van der Waals surface area (Å²) in [6, 6.07) is 4.38. The Morgan fingerprint density at radius 2 is 2.52 bits per heavy atom. The smallest absolute Gasteiger partial charge is 0.138 e. The molecule has 0 saturated carbocycles. The average molecular weight is 308 g/mol. The zero-order valence-electron chi connectivity index (χ0n) is 11.8. The number of nitrogens with one attached hydrogen (secondary N) is 1. The van der Waals surface area contributed by atoms with Crippen LogP contribution in [0.2, 0.25) is 0 Å². The number of hydrogen-bond donors (Lipinski definition) is 2. The fourth-order valence-corrected chi connectivity index (χ4v) is 3.10.